The van der Waals surface area contributed by atoms with Crippen LogP contribution in [0, 0.1) is 0 Å². The monoisotopic (exact) mass is 278 g/mol. The average Bonchev–Trinajstić information content (AvgIpc) is 2.92. The normalized spacial score (nSPS) is 11.7. The summed E-state index contributed by atoms with van der Waals surface area (Å²) >= 11 is 6.50. The summed E-state index contributed by atoms with van der Waals surface area (Å²) in [5, 5.41) is 0.752. The van der Waals surface area contributed by atoms with E-state index in [0.29, 0.717) is 0 Å². The van der Waals surface area contributed by atoms with Gasteiger partial charge in [-0.3, -0.25) is 0 Å². The van der Waals surface area contributed by atoms with Gasteiger partial charge in [0, 0.05) is 11.6 Å². The van der Waals surface area contributed by atoms with Crippen molar-refractivity contribution in [3.8, 4) is 0 Å². The molecular weight excluding hydrogens is 260 g/mol. The van der Waals surface area contributed by atoms with Gasteiger partial charge in [-0.05, 0) is 34.0 Å². The average molecular weight is 279 g/mol. The lowest BCUT2D eigenvalue weighted by atomic mass is 10.4. The van der Waals surface area contributed by atoms with Gasteiger partial charge >= 0.3 is 5.28 Å². The summed E-state index contributed by atoms with van der Waals surface area (Å²) in [6.07, 6.45) is 8.57. The minimum atomic E-state index is 0.752. The third kappa shape index (κ3) is 2.00. The number of aromatic nitrogens is 4. The quantitative estimate of drug-likeness (QED) is 0.651. The maximum absolute atomic E-state index is 6.50. The Morgan fingerprint density at radius 1 is 1.05 bits per heavy atom. The second-order valence-corrected chi connectivity index (χ2v) is 5.25. The van der Waals surface area contributed by atoms with Crippen LogP contribution in [0.15, 0.2) is 30.9 Å². The first-order chi connectivity index (χ1) is 9.24. The molecule has 3 rings (SSSR count). The Balaban J connectivity index is 2.25. The highest BCUT2D eigenvalue weighted by atomic mass is 35.5. The van der Waals surface area contributed by atoms with Gasteiger partial charge in [-0.1, -0.05) is 13.8 Å². The molecule has 3 aromatic heterocycles. The van der Waals surface area contributed by atoms with Gasteiger partial charge in [0.1, 0.15) is 12.4 Å². The molecule has 100 valence electrons. The Hall–Kier alpha value is -1.55. The largest absolute Gasteiger partial charge is 0.396 e. The lowest BCUT2D eigenvalue weighted by Gasteiger charge is -1.90. The van der Waals surface area contributed by atoms with Gasteiger partial charge in [-0.2, -0.15) is 0 Å². The van der Waals surface area contributed by atoms with E-state index in [1.165, 1.54) is 0 Å². The van der Waals surface area contributed by atoms with E-state index in [2.05, 4.69) is 62.9 Å². The Labute approximate surface area is 117 Å². The number of fused-ring (bicyclic) bond motifs is 3. The van der Waals surface area contributed by atoms with Gasteiger partial charge < -0.3 is 0 Å². The van der Waals surface area contributed by atoms with Crippen LogP contribution in [0.1, 0.15) is 26.7 Å². The maximum Gasteiger partial charge on any atom is 0.396 e. The fourth-order valence-corrected chi connectivity index (χ4v) is 2.84. The van der Waals surface area contributed by atoms with Gasteiger partial charge in [0.25, 0.3) is 6.33 Å². The molecule has 3 heterocycles. The fourth-order valence-electron chi connectivity index (χ4n) is 2.53. The molecule has 4 nitrogen and oxygen atoms in total. The molecule has 5 heteroatoms. The van der Waals surface area contributed by atoms with Crippen molar-refractivity contribution in [1.29, 1.82) is 0 Å². The molecule has 0 aliphatic rings. The molecule has 0 aromatic carbocycles. The first kappa shape index (κ1) is 12.5. The molecule has 0 aliphatic carbocycles. The van der Waals surface area contributed by atoms with Gasteiger partial charge in [-0.15, -0.1) is 0 Å². The van der Waals surface area contributed by atoms with E-state index < -0.39 is 0 Å². The number of aryl methyl sites for hydroxylation is 2. The summed E-state index contributed by atoms with van der Waals surface area (Å²) < 4.78 is 8.47. The standard InChI is InChI=1S/C14H19ClN4/c1-3-7-16-9-12-5-6-13-10-17(8-4-2)14(15)19(13)18(12)11-16/h5-6,9-11H,3-4,7-8H2,1-2H3/q+2. The van der Waals surface area contributed by atoms with Gasteiger partial charge in [0.15, 0.2) is 0 Å². The number of hydrogen-bond donors (Lipinski definition) is 0. The third-order valence-corrected chi connectivity index (χ3v) is 3.73. The molecule has 0 unspecified atom stereocenters. The molecule has 3 aromatic rings. The van der Waals surface area contributed by atoms with Crippen molar-refractivity contribution >= 4 is 22.6 Å². The minimum Gasteiger partial charge on any atom is -0.233 e. The molecule has 0 amide bonds. The Morgan fingerprint density at radius 2 is 1.79 bits per heavy atom. The van der Waals surface area contributed by atoms with Crippen LogP contribution < -0.4 is 9.13 Å². The fraction of sp³-hybridized carbons (Fsp3) is 0.429. The van der Waals surface area contributed by atoms with Crippen LogP contribution in [0.25, 0.3) is 11.0 Å². The molecular formula is C14H19ClN4+2. The van der Waals surface area contributed by atoms with E-state index in [9.17, 15) is 0 Å². The summed E-state index contributed by atoms with van der Waals surface area (Å²) in [5.41, 5.74) is 2.27. The second kappa shape index (κ2) is 4.85. The van der Waals surface area contributed by atoms with Gasteiger partial charge in [-0.25, -0.2) is 9.13 Å². The van der Waals surface area contributed by atoms with E-state index in [1.807, 2.05) is 0 Å². The molecule has 0 atom stereocenters. The number of rotatable bonds is 4. The Morgan fingerprint density at radius 3 is 2.53 bits per heavy atom. The van der Waals surface area contributed by atoms with E-state index in [-0.39, 0.29) is 0 Å². The number of imidazole rings is 2. The van der Waals surface area contributed by atoms with Crippen molar-refractivity contribution in [3.05, 3.63) is 36.1 Å². The topological polar surface area (TPSA) is 16.6 Å². The van der Waals surface area contributed by atoms with Crippen molar-refractivity contribution in [2.45, 2.75) is 39.8 Å². The van der Waals surface area contributed by atoms with Crippen LogP contribution in [0.5, 0.6) is 0 Å². The first-order valence-electron chi connectivity index (χ1n) is 6.85. The van der Waals surface area contributed by atoms with Crippen molar-refractivity contribution in [1.82, 2.24) is 9.03 Å². The lowest BCUT2D eigenvalue weighted by molar-refractivity contribution is -0.697. The minimum absolute atomic E-state index is 0.752. The zero-order valence-corrected chi connectivity index (χ0v) is 12.1. The molecule has 0 bridgehead atoms. The van der Waals surface area contributed by atoms with E-state index in [4.69, 9.17) is 11.6 Å². The summed E-state index contributed by atoms with van der Waals surface area (Å²) in [5.74, 6) is 0. The molecule has 0 spiro atoms. The summed E-state index contributed by atoms with van der Waals surface area (Å²) in [7, 11) is 0. The SMILES string of the molecule is CCC[n+]1cc2ccc3c[n+](CCC)c(Cl)n3n2c1. The van der Waals surface area contributed by atoms with Crippen molar-refractivity contribution in [3.63, 3.8) is 0 Å². The third-order valence-electron chi connectivity index (χ3n) is 3.35. The van der Waals surface area contributed by atoms with Crippen molar-refractivity contribution < 1.29 is 9.13 Å². The van der Waals surface area contributed by atoms with Crippen LogP contribution in [0.4, 0.5) is 0 Å². The number of nitrogens with zero attached hydrogens (tertiary/aromatic N) is 4. The van der Waals surface area contributed by atoms with Crippen molar-refractivity contribution in [2.24, 2.45) is 0 Å². The highest BCUT2D eigenvalue weighted by Gasteiger charge is 2.22. The van der Waals surface area contributed by atoms with E-state index in [0.717, 1.165) is 42.2 Å². The van der Waals surface area contributed by atoms with Crippen LogP contribution in [0.3, 0.4) is 0 Å². The van der Waals surface area contributed by atoms with Crippen LogP contribution in [-0.2, 0) is 13.1 Å². The molecule has 0 N–H and O–H groups in total. The van der Waals surface area contributed by atoms with E-state index in [1.54, 1.807) is 0 Å². The maximum atomic E-state index is 6.50. The molecule has 0 saturated carbocycles. The molecule has 0 radical (unpaired) electrons. The Bertz CT molecular complexity index is 726. The van der Waals surface area contributed by atoms with Crippen LogP contribution >= 0.6 is 11.6 Å². The zero-order chi connectivity index (χ0) is 13.4. The Kier molecular flexibility index (Phi) is 3.19. The highest BCUT2D eigenvalue weighted by Crippen LogP contribution is 2.12. The summed E-state index contributed by atoms with van der Waals surface area (Å²) in [6.45, 7) is 6.31. The predicted octanol–water partition coefficient (Wildman–Crippen LogP) is 2.24. The molecule has 0 saturated heterocycles. The predicted molar refractivity (Wildman–Crippen MR) is 74.3 cm³/mol. The van der Waals surface area contributed by atoms with Crippen molar-refractivity contribution in [2.75, 3.05) is 0 Å². The van der Waals surface area contributed by atoms with E-state index >= 15 is 0 Å². The molecule has 19 heavy (non-hydrogen) atoms. The van der Waals surface area contributed by atoms with Gasteiger partial charge in [0.2, 0.25) is 11.0 Å². The van der Waals surface area contributed by atoms with Gasteiger partial charge in [0.05, 0.1) is 13.1 Å². The number of halogens is 1. The number of hydrogen-bond acceptors (Lipinski definition) is 0. The lowest BCUT2D eigenvalue weighted by Crippen LogP contribution is -2.33. The second-order valence-electron chi connectivity index (χ2n) is 4.91. The summed E-state index contributed by atoms with van der Waals surface area (Å²) in [4.78, 5) is 0. The summed E-state index contributed by atoms with van der Waals surface area (Å²) in [6, 6.07) is 4.25. The first-order valence-corrected chi connectivity index (χ1v) is 7.23. The molecule has 0 aliphatic heterocycles. The molecule has 0 fully saturated rings. The highest BCUT2D eigenvalue weighted by molar-refractivity contribution is 6.27. The van der Waals surface area contributed by atoms with Crippen LogP contribution in [0.2, 0.25) is 5.28 Å². The smallest absolute Gasteiger partial charge is 0.233 e. The van der Waals surface area contributed by atoms with Crippen LogP contribution in [-0.4, -0.2) is 9.03 Å². The zero-order valence-electron chi connectivity index (χ0n) is 11.4.